The Morgan fingerprint density at radius 3 is 2.18 bits per heavy atom. The molecule has 0 spiro atoms. The summed E-state index contributed by atoms with van der Waals surface area (Å²) < 4.78 is 27.2. The van der Waals surface area contributed by atoms with Crippen LogP contribution >= 0.6 is 0 Å². The molecule has 3 fully saturated rings. The number of hydrogen-bond acceptors (Lipinski definition) is 4. The maximum absolute atomic E-state index is 14.0. The first-order valence-corrected chi connectivity index (χ1v) is 14.5. The van der Waals surface area contributed by atoms with Crippen LogP contribution in [-0.2, 0) is 0 Å². The molecule has 0 radical (unpaired) electrons. The van der Waals surface area contributed by atoms with Gasteiger partial charge < -0.3 is 20.0 Å². The van der Waals surface area contributed by atoms with Crippen LogP contribution < -0.4 is 10.2 Å². The number of piperazine rings is 1. The minimum Gasteiger partial charge on any atom is -0.368 e. The Morgan fingerprint density at radius 2 is 1.51 bits per heavy atom. The molecule has 2 aromatic carbocycles. The van der Waals surface area contributed by atoms with Gasteiger partial charge in [-0.1, -0.05) is 18.2 Å². The zero-order chi connectivity index (χ0) is 27.2. The molecule has 5 rings (SSSR count). The van der Waals surface area contributed by atoms with Crippen molar-refractivity contribution in [2.24, 2.45) is 11.8 Å². The number of ketones is 1. The molecule has 2 heterocycles. The van der Waals surface area contributed by atoms with Crippen molar-refractivity contribution in [1.29, 1.82) is 0 Å². The predicted octanol–water partition coefficient (Wildman–Crippen LogP) is 5.34. The number of nitrogens with zero attached hydrogens (tertiary/aromatic N) is 3. The SMILES string of the molecule is O=C(c1ccc(F)cc1F)C1CCN(CC[C@H]2CC[C@H](NC(=O)N3CCN(c4ccccc4)CC3)CC2)CC1. The molecular weight excluding hydrogens is 498 g/mol. The number of benzene rings is 2. The van der Waals surface area contributed by atoms with Crippen molar-refractivity contribution in [1.82, 2.24) is 15.1 Å². The highest BCUT2D eigenvalue weighted by atomic mass is 19.1. The van der Waals surface area contributed by atoms with E-state index in [2.05, 4.69) is 39.4 Å². The second-order valence-electron chi connectivity index (χ2n) is 11.4. The lowest BCUT2D eigenvalue weighted by molar-refractivity contribution is 0.0828. The third kappa shape index (κ3) is 7.15. The zero-order valence-corrected chi connectivity index (χ0v) is 22.7. The summed E-state index contributed by atoms with van der Waals surface area (Å²) in [6.45, 7) is 5.90. The summed E-state index contributed by atoms with van der Waals surface area (Å²) in [7, 11) is 0. The van der Waals surface area contributed by atoms with Crippen LogP contribution in [0.4, 0.5) is 19.3 Å². The van der Waals surface area contributed by atoms with E-state index in [0.29, 0.717) is 18.8 Å². The first-order valence-electron chi connectivity index (χ1n) is 14.5. The van der Waals surface area contributed by atoms with E-state index in [9.17, 15) is 18.4 Å². The molecule has 210 valence electrons. The van der Waals surface area contributed by atoms with E-state index in [-0.39, 0.29) is 29.3 Å². The number of anilines is 1. The lowest BCUT2D eigenvalue weighted by Crippen LogP contribution is -2.54. The third-order valence-electron chi connectivity index (χ3n) is 8.87. The Balaban J connectivity index is 0.967. The number of carbonyl (C=O) groups excluding carboxylic acids is 2. The number of rotatable bonds is 7. The molecule has 6 nitrogen and oxygen atoms in total. The van der Waals surface area contributed by atoms with Gasteiger partial charge in [-0.3, -0.25) is 4.79 Å². The average molecular weight is 539 g/mol. The summed E-state index contributed by atoms with van der Waals surface area (Å²) in [5.74, 6) is -1.15. The third-order valence-corrected chi connectivity index (χ3v) is 8.87. The van der Waals surface area contributed by atoms with E-state index >= 15 is 0 Å². The van der Waals surface area contributed by atoms with E-state index in [4.69, 9.17) is 0 Å². The van der Waals surface area contributed by atoms with Crippen LogP contribution in [0.1, 0.15) is 55.3 Å². The van der Waals surface area contributed by atoms with Crippen molar-refractivity contribution in [3.05, 3.63) is 65.7 Å². The van der Waals surface area contributed by atoms with Gasteiger partial charge >= 0.3 is 6.03 Å². The number of urea groups is 1. The molecule has 2 aromatic rings. The Labute approximate surface area is 230 Å². The van der Waals surface area contributed by atoms with Crippen LogP contribution in [0, 0.1) is 23.5 Å². The van der Waals surface area contributed by atoms with Crippen molar-refractivity contribution in [2.75, 3.05) is 50.7 Å². The summed E-state index contributed by atoms with van der Waals surface area (Å²) >= 11 is 0. The highest BCUT2D eigenvalue weighted by Crippen LogP contribution is 2.29. The average Bonchev–Trinajstić information content (AvgIpc) is 2.97. The summed E-state index contributed by atoms with van der Waals surface area (Å²) in [4.78, 5) is 32.3. The number of para-hydroxylation sites is 1. The fraction of sp³-hybridized carbons (Fsp3) is 0.548. The number of halogens is 2. The minimum atomic E-state index is -0.764. The Morgan fingerprint density at radius 1 is 0.821 bits per heavy atom. The maximum atomic E-state index is 14.0. The maximum Gasteiger partial charge on any atom is 0.317 e. The summed E-state index contributed by atoms with van der Waals surface area (Å²) in [6.07, 6.45) is 6.88. The molecular formula is C31H40F2N4O2. The van der Waals surface area contributed by atoms with Gasteiger partial charge in [0.25, 0.3) is 0 Å². The number of likely N-dealkylation sites (tertiary alicyclic amines) is 1. The molecule has 0 unspecified atom stereocenters. The first-order chi connectivity index (χ1) is 19.0. The molecule has 1 N–H and O–H groups in total. The Hall–Kier alpha value is -3.00. The van der Waals surface area contributed by atoms with Gasteiger partial charge in [0.05, 0.1) is 5.56 Å². The lowest BCUT2D eigenvalue weighted by Gasteiger charge is -2.38. The van der Waals surface area contributed by atoms with Crippen LogP contribution in [0.25, 0.3) is 0 Å². The van der Waals surface area contributed by atoms with E-state index in [1.807, 2.05) is 11.0 Å². The lowest BCUT2D eigenvalue weighted by atomic mass is 9.83. The molecule has 2 aliphatic heterocycles. The van der Waals surface area contributed by atoms with Crippen LogP contribution in [-0.4, -0.2) is 73.5 Å². The number of amides is 2. The fourth-order valence-electron chi connectivity index (χ4n) is 6.36. The minimum absolute atomic E-state index is 0.00754. The fourth-order valence-corrected chi connectivity index (χ4v) is 6.36. The van der Waals surface area contributed by atoms with Crippen molar-refractivity contribution >= 4 is 17.5 Å². The van der Waals surface area contributed by atoms with Gasteiger partial charge in [-0.2, -0.15) is 0 Å². The molecule has 1 saturated carbocycles. The van der Waals surface area contributed by atoms with Crippen molar-refractivity contribution in [3.8, 4) is 0 Å². The number of hydrogen-bond donors (Lipinski definition) is 1. The van der Waals surface area contributed by atoms with Crippen LogP contribution in [0.3, 0.4) is 0 Å². The molecule has 2 amide bonds. The van der Waals surface area contributed by atoms with Crippen LogP contribution in [0.5, 0.6) is 0 Å². The molecule has 0 bridgehead atoms. The molecule has 2 saturated heterocycles. The molecule has 8 heteroatoms. The molecule has 39 heavy (non-hydrogen) atoms. The van der Waals surface area contributed by atoms with E-state index < -0.39 is 11.6 Å². The monoisotopic (exact) mass is 538 g/mol. The summed E-state index contributed by atoms with van der Waals surface area (Å²) in [6, 6.07) is 13.9. The van der Waals surface area contributed by atoms with Crippen molar-refractivity contribution in [2.45, 2.75) is 51.0 Å². The van der Waals surface area contributed by atoms with Crippen molar-refractivity contribution < 1.29 is 18.4 Å². The highest BCUT2D eigenvalue weighted by molar-refractivity contribution is 5.98. The molecule has 0 aromatic heterocycles. The molecule has 0 atom stereocenters. The molecule has 3 aliphatic rings. The van der Waals surface area contributed by atoms with Gasteiger partial charge in [-0.25, -0.2) is 13.6 Å². The number of piperidine rings is 1. The topological polar surface area (TPSA) is 55.9 Å². The van der Waals surface area contributed by atoms with Gasteiger partial charge in [-0.05, 0) is 94.8 Å². The standard InChI is InChI=1S/C31H40F2N4O2/c32-25-8-11-28(29(33)22-25)30(38)24-13-16-35(17-14-24)15-12-23-6-9-26(10-7-23)34-31(39)37-20-18-36(19-21-37)27-4-2-1-3-5-27/h1-5,8,11,22-24,26H,6-7,9-10,12-21H2,(H,34,39)/t23-,26-. The quantitative estimate of drug-likeness (QED) is 0.484. The largest absolute Gasteiger partial charge is 0.368 e. The van der Waals surface area contributed by atoms with Crippen LogP contribution in [0.15, 0.2) is 48.5 Å². The van der Waals surface area contributed by atoms with Gasteiger partial charge in [-0.15, -0.1) is 0 Å². The second-order valence-corrected chi connectivity index (χ2v) is 11.4. The van der Waals surface area contributed by atoms with Gasteiger partial charge in [0.1, 0.15) is 11.6 Å². The van der Waals surface area contributed by atoms with E-state index in [1.165, 1.54) is 11.8 Å². The number of nitrogens with one attached hydrogen (secondary N) is 1. The van der Waals surface area contributed by atoms with E-state index in [0.717, 1.165) is 90.1 Å². The summed E-state index contributed by atoms with van der Waals surface area (Å²) in [5, 5.41) is 3.28. The van der Waals surface area contributed by atoms with Crippen LogP contribution in [0.2, 0.25) is 0 Å². The van der Waals surface area contributed by atoms with Gasteiger partial charge in [0.15, 0.2) is 5.78 Å². The van der Waals surface area contributed by atoms with E-state index in [1.54, 1.807) is 0 Å². The van der Waals surface area contributed by atoms with Gasteiger partial charge in [0.2, 0.25) is 0 Å². The predicted molar refractivity (Wildman–Crippen MR) is 149 cm³/mol. The summed E-state index contributed by atoms with van der Waals surface area (Å²) in [5.41, 5.74) is 1.22. The highest BCUT2D eigenvalue weighted by Gasteiger charge is 2.29. The van der Waals surface area contributed by atoms with Crippen molar-refractivity contribution in [3.63, 3.8) is 0 Å². The first kappa shape index (κ1) is 27.6. The number of Topliss-reactive ketones (excluding diaryl/α,β-unsaturated/α-hetero) is 1. The van der Waals surface area contributed by atoms with Gasteiger partial charge in [0, 0.05) is 49.9 Å². The Bertz CT molecular complexity index is 1110. The Kier molecular flexibility index (Phi) is 9.12. The zero-order valence-electron chi connectivity index (χ0n) is 22.7. The normalized spacial score (nSPS) is 23.0. The molecule has 1 aliphatic carbocycles. The number of carbonyl (C=O) groups is 2. The smallest absolute Gasteiger partial charge is 0.317 e. The second kappa shape index (κ2) is 12.9.